The highest BCUT2D eigenvalue weighted by Gasteiger charge is 2.43. The van der Waals surface area contributed by atoms with Crippen LogP contribution in [0.5, 0.6) is 0 Å². The topological polar surface area (TPSA) is 46.5 Å². The van der Waals surface area contributed by atoms with Crippen molar-refractivity contribution >= 4 is 5.97 Å². The van der Waals surface area contributed by atoms with Crippen molar-refractivity contribution in [2.24, 2.45) is 5.41 Å². The van der Waals surface area contributed by atoms with E-state index in [2.05, 4.69) is 6.58 Å². The maximum Gasteiger partial charge on any atom is 0.313 e. The summed E-state index contributed by atoms with van der Waals surface area (Å²) in [5, 5.41) is 9.27. The van der Waals surface area contributed by atoms with Gasteiger partial charge in [0.15, 0.2) is 0 Å². The van der Waals surface area contributed by atoms with Gasteiger partial charge in [-0.2, -0.15) is 0 Å². The summed E-state index contributed by atoms with van der Waals surface area (Å²) >= 11 is 0. The van der Waals surface area contributed by atoms with Crippen LogP contribution in [0.3, 0.4) is 0 Å². The van der Waals surface area contributed by atoms with Crippen molar-refractivity contribution in [2.45, 2.75) is 70.0 Å². The molecule has 0 aromatic rings. The molecule has 0 radical (unpaired) electrons. The van der Waals surface area contributed by atoms with E-state index in [-0.39, 0.29) is 11.7 Å². The second-order valence-electron chi connectivity index (χ2n) is 6.15. The van der Waals surface area contributed by atoms with Gasteiger partial charge in [-0.05, 0) is 39.0 Å². The largest absolute Gasteiger partial charge is 0.481 e. The van der Waals surface area contributed by atoms with Crippen molar-refractivity contribution in [3.8, 4) is 0 Å². The Morgan fingerprint density at radius 1 is 1.44 bits per heavy atom. The van der Waals surface area contributed by atoms with E-state index in [0.717, 1.165) is 25.7 Å². The average Bonchev–Trinajstić information content (AvgIpc) is 2.72. The maximum absolute atomic E-state index is 11.3. The summed E-state index contributed by atoms with van der Waals surface area (Å²) in [5.74, 6) is -0.800. The summed E-state index contributed by atoms with van der Waals surface area (Å²) < 4.78 is 6.23. The predicted molar refractivity (Wildman–Crippen MR) is 70.5 cm³/mol. The summed E-state index contributed by atoms with van der Waals surface area (Å²) in [6.45, 7) is 5.40. The smallest absolute Gasteiger partial charge is 0.313 e. The van der Waals surface area contributed by atoms with Crippen LogP contribution in [0.25, 0.3) is 0 Å². The fraction of sp³-hybridized carbons (Fsp3) is 0.800. The van der Waals surface area contributed by atoms with Crippen molar-refractivity contribution in [3.05, 3.63) is 12.7 Å². The van der Waals surface area contributed by atoms with Crippen LogP contribution in [0.2, 0.25) is 0 Å². The lowest BCUT2D eigenvalue weighted by atomic mass is 9.82. The van der Waals surface area contributed by atoms with E-state index >= 15 is 0 Å². The summed E-state index contributed by atoms with van der Waals surface area (Å²) in [6.07, 6.45) is 10.4. The van der Waals surface area contributed by atoms with Crippen LogP contribution in [-0.4, -0.2) is 22.8 Å². The molecule has 3 nitrogen and oxygen atoms in total. The Kier molecular flexibility index (Phi) is 3.81. The molecule has 2 atom stereocenters. The van der Waals surface area contributed by atoms with Gasteiger partial charge in [-0.1, -0.05) is 25.3 Å². The standard InChI is InChI=1S/C15H24O3/c1-3-14(2,13(16)17)11-12-7-10-15(18-12)8-5-4-6-9-15/h3,12H,1,4-11H2,2H3,(H,16,17). The van der Waals surface area contributed by atoms with Gasteiger partial charge < -0.3 is 9.84 Å². The van der Waals surface area contributed by atoms with E-state index in [4.69, 9.17) is 4.74 Å². The normalized spacial score (nSPS) is 29.9. The molecule has 102 valence electrons. The fourth-order valence-corrected chi connectivity index (χ4v) is 3.33. The number of aliphatic carboxylic acids is 1. The van der Waals surface area contributed by atoms with Gasteiger partial charge in [0.05, 0.1) is 17.1 Å². The molecule has 1 saturated heterocycles. The van der Waals surface area contributed by atoms with Crippen molar-refractivity contribution in [3.63, 3.8) is 0 Å². The molecule has 2 unspecified atom stereocenters. The molecule has 2 rings (SSSR count). The molecule has 0 aromatic carbocycles. The number of rotatable bonds is 4. The molecule has 1 heterocycles. The third-order valence-electron chi connectivity index (χ3n) is 4.69. The van der Waals surface area contributed by atoms with Crippen molar-refractivity contribution < 1.29 is 14.6 Å². The zero-order valence-corrected chi connectivity index (χ0v) is 11.3. The molecular weight excluding hydrogens is 228 g/mol. The lowest BCUT2D eigenvalue weighted by molar-refractivity contribution is -0.148. The summed E-state index contributed by atoms with van der Waals surface area (Å²) in [5.41, 5.74) is -0.783. The van der Waals surface area contributed by atoms with Gasteiger partial charge in [0.1, 0.15) is 0 Å². The van der Waals surface area contributed by atoms with Crippen LogP contribution in [0.4, 0.5) is 0 Å². The summed E-state index contributed by atoms with van der Waals surface area (Å²) in [4.78, 5) is 11.3. The van der Waals surface area contributed by atoms with Gasteiger partial charge in [0, 0.05) is 0 Å². The first-order chi connectivity index (χ1) is 8.50. The number of carbonyl (C=O) groups is 1. The van der Waals surface area contributed by atoms with E-state index in [1.165, 1.54) is 19.3 Å². The van der Waals surface area contributed by atoms with Crippen molar-refractivity contribution in [1.29, 1.82) is 0 Å². The van der Waals surface area contributed by atoms with Crippen molar-refractivity contribution in [1.82, 2.24) is 0 Å². The minimum atomic E-state index is -0.856. The molecule has 18 heavy (non-hydrogen) atoms. The van der Waals surface area contributed by atoms with E-state index in [1.807, 2.05) is 0 Å². The summed E-state index contributed by atoms with van der Waals surface area (Å²) in [6, 6.07) is 0. The quantitative estimate of drug-likeness (QED) is 0.778. The molecule has 3 heteroatoms. The number of hydrogen-bond donors (Lipinski definition) is 1. The van der Waals surface area contributed by atoms with E-state index in [0.29, 0.717) is 6.42 Å². The predicted octanol–water partition coefficient (Wildman–Crippen LogP) is 3.54. The van der Waals surface area contributed by atoms with E-state index in [9.17, 15) is 9.90 Å². The Bertz CT molecular complexity index is 331. The molecule has 1 spiro atoms. The summed E-state index contributed by atoms with van der Waals surface area (Å²) in [7, 11) is 0. The number of carboxylic acids is 1. The SMILES string of the molecule is C=CC(C)(CC1CCC2(CCCCC2)O1)C(=O)O. The van der Waals surface area contributed by atoms with Gasteiger partial charge in [0.2, 0.25) is 0 Å². The van der Waals surface area contributed by atoms with Crippen LogP contribution in [0, 0.1) is 5.41 Å². The number of hydrogen-bond acceptors (Lipinski definition) is 2. The molecular formula is C15H24O3. The maximum atomic E-state index is 11.3. The first-order valence-corrected chi connectivity index (χ1v) is 7.05. The van der Waals surface area contributed by atoms with Crippen LogP contribution < -0.4 is 0 Å². The molecule has 2 aliphatic rings. The minimum Gasteiger partial charge on any atom is -0.481 e. The minimum absolute atomic E-state index is 0.0729. The highest BCUT2D eigenvalue weighted by molar-refractivity contribution is 5.76. The monoisotopic (exact) mass is 252 g/mol. The Balaban J connectivity index is 1.96. The van der Waals surface area contributed by atoms with Gasteiger partial charge >= 0.3 is 5.97 Å². The Hall–Kier alpha value is -0.830. The van der Waals surface area contributed by atoms with Crippen molar-refractivity contribution in [2.75, 3.05) is 0 Å². The van der Waals surface area contributed by atoms with E-state index < -0.39 is 11.4 Å². The molecule has 1 aliphatic heterocycles. The zero-order valence-electron chi connectivity index (χ0n) is 11.3. The average molecular weight is 252 g/mol. The van der Waals surface area contributed by atoms with Gasteiger partial charge in [-0.15, -0.1) is 6.58 Å². The lowest BCUT2D eigenvalue weighted by Crippen LogP contribution is -2.34. The Labute approximate surface area is 109 Å². The molecule has 0 aromatic heterocycles. The second-order valence-corrected chi connectivity index (χ2v) is 6.15. The Morgan fingerprint density at radius 2 is 2.11 bits per heavy atom. The second kappa shape index (κ2) is 5.04. The van der Waals surface area contributed by atoms with Crippen LogP contribution in [0.1, 0.15) is 58.3 Å². The fourth-order valence-electron chi connectivity index (χ4n) is 3.33. The van der Waals surface area contributed by atoms with E-state index in [1.54, 1.807) is 13.0 Å². The highest BCUT2D eigenvalue weighted by Crippen LogP contribution is 2.44. The molecule has 0 bridgehead atoms. The number of carboxylic acid groups (broad SMARTS) is 1. The third-order valence-corrected chi connectivity index (χ3v) is 4.69. The first-order valence-electron chi connectivity index (χ1n) is 7.05. The van der Waals surface area contributed by atoms with Crippen LogP contribution >= 0.6 is 0 Å². The molecule has 1 aliphatic carbocycles. The lowest BCUT2D eigenvalue weighted by Gasteiger charge is -2.34. The van der Waals surface area contributed by atoms with Crippen LogP contribution in [-0.2, 0) is 9.53 Å². The third kappa shape index (κ3) is 2.61. The molecule has 1 N–H and O–H groups in total. The highest BCUT2D eigenvalue weighted by atomic mass is 16.5. The van der Waals surface area contributed by atoms with Gasteiger partial charge in [-0.3, -0.25) is 4.79 Å². The number of ether oxygens (including phenoxy) is 1. The molecule has 2 fully saturated rings. The molecule has 1 saturated carbocycles. The zero-order chi connectivity index (χ0) is 13.2. The first kappa shape index (κ1) is 13.6. The molecule has 0 amide bonds. The van der Waals surface area contributed by atoms with Gasteiger partial charge in [-0.25, -0.2) is 0 Å². The van der Waals surface area contributed by atoms with Crippen LogP contribution in [0.15, 0.2) is 12.7 Å². The Morgan fingerprint density at radius 3 is 2.67 bits per heavy atom. The van der Waals surface area contributed by atoms with Gasteiger partial charge in [0.25, 0.3) is 0 Å².